The number of amides is 1. The molecule has 1 aliphatic rings. The van der Waals surface area contributed by atoms with Crippen LogP contribution in [0.3, 0.4) is 0 Å². The van der Waals surface area contributed by atoms with E-state index in [0.29, 0.717) is 5.92 Å². The lowest BCUT2D eigenvalue weighted by atomic mass is 9.98. The largest absolute Gasteiger partial charge is 0.355 e. The van der Waals surface area contributed by atoms with Crippen LogP contribution in [-0.4, -0.2) is 36.5 Å². The van der Waals surface area contributed by atoms with Gasteiger partial charge in [0.15, 0.2) is 0 Å². The molecule has 1 aliphatic heterocycles. The van der Waals surface area contributed by atoms with Crippen molar-refractivity contribution in [3.05, 3.63) is 35.9 Å². The molecule has 2 atom stereocenters. The van der Waals surface area contributed by atoms with Crippen LogP contribution in [0.2, 0.25) is 0 Å². The quantitative estimate of drug-likeness (QED) is 0.865. The molecule has 1 amide bonds. The second kappa shape index (κ2) is 7.56. The first-order valence-corrected chi connectivity index (χ1v) is 8.06. The van der Waals surface area contributed by atoms with Crippen LogP contribution >= 0.6 is 11.8 Å². The Balaban J connectivity index is 1.69. The van der Waals surface area contributed by atoms with E-state index in [9.17, 15) is 4.79 Å². The Morgan fingerprint density at radius 3 is 2.95 bits per heavy atom. The molecule has 2 rings (SSSR count). The van der Waals surface area contributed by atoms with E-state index in [1.54, 1.807) is 0 Å². The van der Waals surface area contributed by atoms with Crippen molar-refractivity contribution in [3.8, 4) is 0 Å². The van der Waals surface area contributed by atoms with Gasteiger partial charge in [0.05, 0.1) is 6.04 Å². The van der Waals surface area contributed by atoms with Crippen LogP contribution in [0.25, 0.3) is 0 Å². The Labute approximate surface area is 119 Å². The van der Waals surface area contributed by atoms with Gasteiger partial charge < -0.3 is 10.6 Å². The van der Waals surface area contributed by atoms with Crippen LogP contribution in [-0.2, 0) is 4.79 Å². The van der Waals surface area contributed by atoms with E-state index >= 15 is 0 Å². The van der Waals surface area contributed by atoms with Crippen LogP contribution in [0.4, 0.5) is 0 Å². The third-order valence-electron chi connectivity index (χ3n) is 3.48. The second-order valence-electron chi connectivity index (χ2n) is 4.97. The zero-order valence-corrected chi connectivity index (χ0v) is 12.2. The highest BCUT2D eigenvalue weighted by molar-refractivity contribution is 7.99. The average molecular weight is 278 g/mol. The molecule has 19 heavy (non-hydrogen) atoms. The van der Waals surface area contributed by atoms with E-state index in [1.807, 2.05) is 17.8 Å². The van der Waals surface area contributed by atoms with Gasteiger partial charge >= 0.3 is 0 Å². The monoisotopic (exact) mass is 278 g/mol. The van der Waals surface area contributed by atoms with Gasteiger partial charge in [-0.2, -0.15) is 11.8 Å². The lowest BCUT2D eigenvalue weighted by Crippen LogP contribution is -2.49. The first-order valence-electron chi connectivity index (χ1n) is 6.91. The molecule has 0 saturated carbocycles. The van der Waals surface area contributed by atoms with Crippen LogP contribution in [0.15, 0.2) is 30.3 Å². The number of thioether (sulfide) groups is 1. The fraction of sp³-hybridized carbons (Fsp3) is 0.533. The summed E-state index contributed by atoms with van der Waals surface area (Å²) in [4.78, 5) is 11.9. The van der Waals surface area contributed by atoms with E-state index in [2.05, 4.69) is 41.8 Å². The molecule has 2 N–H and O–H groups in total. The Morgan fingerprint density at radius 2 is 2.26 bits per heavy atom. The summed E-state index contributed by atoms with van der Waals surface area (Å²) in [5, 5.41) is 6.29. The molecule has 0 aromatic heterocycles. The maximum Gasteiger partial charge on any atom is 0.237 e. The standard InChI is InChI=1S/C15H22N2OS/c1-12(13-5-3-2-4-6-13)7-8-17-15(18)14-11-19-10-9-16-14/h2-6,12,14,16H,7-11H2,1H3,(H,17,18). The van der Waals surface area contributed by atoms with Crippen molar-refractivity contribution in [1.29, 1.82) is 0 Å². The molecule has 1 fully saturated rings. The minimum absolute atomic E-state index is 0.00854. The summed E-state index contributed by atoms with van der Waals surface area (Å²) >= 11 is 1.84. The summed E-state index contributed by atoms with van der Waals surface area (Å²) in [5.74, 6) is 2.62. The molecule has 1 aromatic carbocycles. The zero-order chi connectivity index (χ0) is 13.5. The molecule has 2 unspecified atom stereocenters. The van der Waals surface area contributed by atoms with E-state index < -0.39 is 0 Å². The molecule has 3 nitrogen and oxygen atoms in total. The van der Waals surface area contributed by atoms with Gasteiger partial charge in [0, 0.05) is 24.6 Å². The maximum absolute atomic E-state index is 11.9. The molecule has 0 aliphatic carbocycles. The molecule has 1 aromatic rings. The number of hydrogen-bond donors (Lipinski definition) is 2. The van der Waals surface area contributed by atoms with Crippen molar-refractivity contribution < 1.29 is 4.79 Å². The van der Waals surface area contributed by atoms with Crippen LogP contribution in [0.5, 0.6) is 0 Å². The van der Waals surface area contributed by atoms with Crippen LogP contribution in [0.1, 0.15) is 24.8 Å². The third-order valence-corrected chi connectivity index (χ3v) is 4.55. The van der Waals surface area contributed by atoms with Gasteiger partial charge in [0.1, 0.15) is 0 Å². The summed E-state index contributed by atoms with van der Waals surface area (Å²) < 4.78 is 0. The molecule has 0 radical (unpaired) electrons. The van der Waals surface area contributed by atoms with Crippen molar-refractivity contribution >= 4 is 17.7 Å². The van der Waals surface area contributed by atoms with Crippen molar-refractivity contribution in [2.24, 2.45) is 0 Å². The van der Waals surface area contributed by atoms with Crippen LogP contribution < -0.4 is 10.6 Å². The first kappa shape index (κ1) is 14.4. The molecule has 1 saturated heterocycles. The zero-order valence-electron chi connectivity index (χ0n) is 11.4. The van der Waals surface area contributed by atoms with Gasteiger partial charge in [-0.1, -0.05) is 37.3 Å². The van der Waals surface area contributed by atoms with E-state index in [1.165, 1.54) is 5.56 Å². The first-order chi connectivity index (χ1) is 9.27. The highest BCUT2D eigenvalue weighted by atomic mass is 32.2. The van der Waals surface area contributed by atoms with Crippen molar-refractivity contribution in [2.45, 2.75) is 25.3 Å². The third kappa shape index (κ3) is 4.55. The van der Waals surface area contributed by atoms with E-state index in [-0.39, 0.29) is 11.9 Å². The lowest BCUT2D eigenvalue weighted by Gasteiger charge is -2.22. The summed E-state index contributed by atoms with van der Waals surface area (Å²) in [6, 6.07) is 10.4. The molecule has 1 heterocycles. The predicted molar refractivity (Wildman–Crippen MR) is 81.6 cm³/mol. The number of carbonyl (C=O) groups excluding carboxylic acids is 1. The van der Waals surface area contributed by atoms with Gasteiger partial charge in [-0.3, -0.25) is 4.79 Å². The fourth-order valence-corrected chi connectivity index (χ4v) is 3.15. The maximum atomic E-state index is 11.9. The molecular weight excluding hydrogens is 256 g/mol. The minimum atomic E-state index is -0.00854. The van der Waals surface area contributed by atoms with Gasteiger partial charge in [-0.25, -0.2) is 0 Å². The summed E-state index contributed by atoms with van der Waals surface area (Å²) in [6.07, 6.45) is 0.982. The number of rotatable bonds is 5. The number of benzene rings is 1. The van der Waals surface area contributed by atoms with Crippen molar-refractivity contribution in [2.75, 3.05) is 24.6 Å². The highest BCUT2D eigenvalue weighted by Gasteiger charge is 2.20. The molecule has 0 spiro atoms. The minimum Gasteiger partial charge on any atom is -0.355 e. The predicted octanol–water partition coefficient (Wildman–Crippen LogP) is 2.00. The van der Waals surface area contributed by atoms with Crippen LogP contribution in [0, 0.1) is 0 Å². The Hall–Kier alpha value is -1.00. The second-order valence-corrected chi connectivity index (χ2v) is 6.12. The summed E-state index contributed by atoms with van der Waals surface area (Å²) in [6.45, 7) is 3.89. The molecule has 104 valence electrons. The van der Waals surface area contributed by atoms with Gasteiger partial charge in [-0.05, 0) is 17.9 Å². The summed E-state index contributed by atoms with van der Waals surface area (Å²) in [5.41, 5.74) is 1.34. The van der Waals surface area contributed by atoms with Gasteiger partial charge in [-0.15, -0.1) is 0 Å². The van der Waals surface area contributed by atoms with Crippen molar-refractivity contribution in [3.63, 3.8) is 0 Å². The van der Waals surface area contributed by atoms with Crippen molar-refractivity contribution in [1.82, 2.24) is 10.6 Å². The number of carbonyl (C=O) groups is 1. The van der Waals surface area contributed by atoms with E-state index in [4.69, 9.17) is 0 Å². The molecule has 0 bridgehead atoms. The molecular formula is C15H22N2OS. The normalized spacial score (nSPS) is 20.8. The topological polar surface area (TPSA) is 41.1 Å². The molecule has 4 heteroatoms. The highest BCUT2D eigenvalue weighted by Crippen LogP contribution is 2.17. The Morgan fingerprint density at radius 1 is 1.47 bits per heavy atom. The smallest absolute Gasteiger partial charge is 0.237 e. The number of hydrogen-bond acceptors (Lipinski definition) is 3. The van der Waals surface area contributed by atoms with Gasteiger partial charge in [0.25, 0.3) is 0 Å². The van der Waals surface area contributed by atoms with Gasteiger partial charge in [0.2, 0.25) is 5.91 Å². The Bertz CT molecular complexity index is 390. The fourth-order valence-electron chi connectivity index (χ4n) is 2.22. The number of nitrogens with one attached hydrogen (secondary N) is 2. The Kier molecular flexibility index (Phi) is 5.73. The lowest BCUT2D eigenvalue weighted by molar-refractivity contribution is -0.122. The SMILES string of the molecule is CC(CCNC(=O)C1CSCCN1)c1ccccc1. The van der Waals surface area contributed by atoms with E-state index in [0.717, 1.165) is 31.0 Å². The summed E-state index contributed by atoms with van der Waals surface area (Å²) in [7, 11) is 0. The average Bonchev–Trinajstić information content (AvgIpc) is 2.49.